The molecule has 3 heteroatoms. The van der Waals surface area contributed by atoms with Crippen LogP contribution in [0.1, 0.15) is 12.8 Å². The molecule has 0 amide bonds. The van der Waals surface area contributed by atoms with Gasteiger partial charge >= 0.3 is 0 Å². The van der Waals surface area contributed by atoms with Gasteiger partial charge in [-0.3, -0.25) is 4.90 Å². The number of unbranched alkanes of at least 4 members (excludes halogenated alkanes) is 1. The molecule has 0 N–H and O–H groups in total. The highest BCUT2D eigenvalue weighted by molar-refractivity contribution is 5.94. The van der Waals surface area contributed by atoms with E-state index in [4.69, 9.17) is 5.26 Å². The van der Waals surface area contributed by atoms with Crippen molar-refractivity contribution in [1.82, 2.24) is 4.90 Å². The Morgan fingerprint density at radius 1 is 0.952 bits per heavy atom. The Kier molecular flexibility index (Phi) is 4.37. The summed E-state index contributed by atoms with van der Waals surface area (Å²) in [6, 6.07) is 17.4. The van der Waals surface area contributed by atoms with E-state index >= 15 is 0 Å². The smallest absolute Gasteiger partial charge is 0.0622 e. The molecule has 0 atom stereocenters. The highest BCUT2D eigenvalue weighted by Gasteiger charge is 2.17. The molecule has 21 heavy (non-hydrogen) atoms. The number of nitriles is 1. The average Bonchev–Trinajstić information content (AvgIpc) is 2.55. The number of benzene rings is 2. The molecule has 108 valence electrons. The van der Waals surface area contributed by atoms with Gasteiger partial charge in [0.1, 0.15) is 0 Å². The van der Waals surface area contributed by atoms with Gasteiger partial charge in [-0.2, -0.15) is 5.26 Å². The van der Waals surface area contributed by atoms with Gasteiger partial charge in [0.2, 0.25) is 0 Å². The van der Waals surface area contributed by atoms with Crippen molar-refractivity contribution in [2.45, 2.75) is 12.8 Å². The summed E-state index contributed by atoms with van der Waals surface area (Å²) in [6.45, 7) is 5.38. The van der Waals surface area contributed by atoms with Gasteiger partial charge in [-0.15, -0.1) is 0 Å². The van der Waals surface area contributed by atoms with Gasteiger partial charge in [0.05, 0.1) is 6.07 Å². The summed E-state index contributed by atoms with van der Waals surface area (Å²) in [5, 5.41) is 11.3. The van der Waals surface area contributed by atoms with Crippen LogP contribution in [-0.4, -0.2) is 37.6 Å². The quantitative estimate of drug-likeness (QED) is 0.805. The van der Waals surface area contributed by atoms with Crippen LogP contribution >= 0.6 is 0 Å². The summed E-state index contributed by atoms with van der Waals surface area (Å²) in [5.41, 5.74) is 1.35. The maximum absolute atomic E-state index is 8.61. The van der Waals surface area contributed by atoms with Crippen molar-refractivity contribution in [3.05, 3.63) is 42.5 Å². The Labute approximate surface area is 126 Å². The van der Waals surface area contributed by atoms with Crippen LogP contribution in [0.25, 0.3) is 10.8 Å². The number of fused-ring (bicyclic) bond motifs is 1. The fourth-order valence-electron chi connectivity index (χ4n) is 3.08. The van der Waals surface area contributed by atoms with Crippen molar-refractivity contribution in [3.8, 4) is 6.07 Å². The predicted molar refractivity (Wildman–Crippen MR) is 87.4 cm³/mol. The first-order valence-electron chi connectivity index (χ1n) is 7.70. The zero-order valence-corrected chi connectivity index (χ0v) is 12.3. The van der Waals surface area contributed by atoms with Gasteiger partial charge in [-0.25, -0.2) is 0 Å². The lowest BCUT2D eigenvalue weighted by atomic mass is 10.1. The molecule has 0 bridgehead atoms. The largest absolute Gasteiger partial charge is 0.368 e. The van der Waals surface area contributed by atoms with Gasteiger partial charge in [-0.1, -0.05) is 36.4 Å². The Bertz CT molecular complexity index is 631. The van der Waals surface area contributed by atoms with Crippen LogP contribution in [-0.2, 0) is 0 Å². The molecule has 1 fully saturated rings. The average molecular weight is 279 g/mol. The van der Waals surface area contributed by atoms with Crippen molar-refractivity contribution in [2.75, 3.05) is 37.6 Å². The van der Waals surface area contributed by atoms with Crippen LogP contribution in [0.2, 0.25) is 0 Å². The van der Waals surface area contributed by atoms with Gasteiger partial charge in [0.25, 0.3) is 0 Å². The Balaban J connectivity index is 1.67. The molecule has 1 aliphatic rings. The third-order valence-electron chi connectivity index (χ3n) is 4.24. The van der Waals surface area contributed by atoms with Crippen LogP contribution < -0.4 is 4.90 Å². The Morgan fingerprint density at radius 3 is 2.52 bits per heavy atom. The minimum atomic E-state index is 0.670. The molecule has 0 aromatic heterocycles. The normalized spacial score (nSPS) is 16.0. The SMILES string of the molecule is N#CCCCN1CCN(c2cccc3ccccc23)CC1. The molecule has 0 unspecified atom stereocenters. The summed E-state index contributed by atoms with van der Waals surface area (Å²) in [6.07, 6.45) is 1.66. The molecular weight excluding hydrogens is 258 g/mol. The van der Waals surface area contributed by atoms with Gasteiger partial charge < -0.3 is 4.90 Å². The number of nitrogens with zero attached hydrogens (tertiary/aromatic N) is 3. The van der Waals surface area contributed by atoms with Crippen molar-refractivity contribution >= 4 is 16.5 Å². The summed E-state index contributed by atoms with van der Waals surface area (Å²) >= 11 is 0. The van der Waals surface area contributed by atoms with Crippen LogP contribution in [0.15, 0.2) is 42.5 Å². The van der Waals surface area contributed by atoms with Gasteiger partial charge in [-0.05, 0) is 24.4 Å². The molecule has 2 aromatic rings. The second-order valence-electron chi connectivity index (χ2n) is 5.59. The standard InChI is InChI=1S/C18H21N3/c19-10-3-4-11-20-12-14-21(15-13-20)18-9-5-7-16-6-1-2-8-17(16)18/h1-2,5-9H,3-4,11-15H2. The first-order valence-corrected chi connectivity index (χ1v) is 7.70. The molecule has 1 heterocycles. The first kappa shape index (κ1) is 13.9. The van der Waals surface area contributed by atoms with E-state index in [-0.39, 0.29) is 0 Å². The lowest BCUT2D eigenvalue weighted by molar-refractivity contribution is 0.256. The molecule has 3 rings (SSSR count). The zero-order valence-electron chi connectivity index (χ0n) is 12.3. The van der Waals surface area contributed by atoms with Gasteiger partial charge in [0, 0.05) is 43.7 Å². The minimum absolute atomic E-state index is 0.670. The highest BCUT2D eigenvalue weighted by atomic mass is 15.3. The first-order chi connectivity index (χ1) is 10.4. The fourth-order valence-corrected chi connectivity index (χ4v) is 3.08. The van der Waals surface area contributed by atoms with E-state index in [9.17, 15) is 0 Å². The third kappa shape index (κ3) is 3.17. The van der Waals surface area contributed by atoms with E-state index in [1.807, 2.05) is 0 Å². The summed E-state index contributed by atoms with van der Waals surface area (Å²) < 4.78 is 0. The molecule has 0 aliphatic carbocycles. The second kappa shape index (κ2) is 6.60. The monoisotopic (exact) mass is 279 g/mol. The van der Waals surface area contributed by atoms with Crippen LogP contribution in [0.4, 0.5) is 5.69 Å². The molecule has 0 spiro atoms. The van der Waals surface area contributed by atoms with Gasteiger partial charge in [0.15, 0.2) is 0 Å². The molecule has 0 saturated carbocycles. The maximum Gasteiger partial charge on any atom is 0.0622 e. The maximum atomic E-state index is 8.61. The molecule has 1 aliphatic heterocycles. The summed E-state index contributed by atoms with van der Waals surface area (Å²) in [5.74, 6) is 0. The topological polar surface area (TPSA) is 30.3 Å². The lowest BCUT2D eigenvalue weighted by Gasteiger charge is -2.36. The number of hydrogen-bond acceptors (Lipinski definition) is 3. The minimum Gasteiger partial charge on any atom is -0.368 e. The Morgan fingerprint density at radius 2 is 1.71 bits per heavy atom. The van der Waals surface area contributed by atoms with Crippen molar-refractivity contribution in [2.24, 2.45) is 0 Å². The van der Waals surface area contributed by atoms with E-state index in [0.29, 0.717) is 6.42 Å². The number of anilines is 1. The molecule has 3 nitrogen and oxygen atoms in total. The molecule has 1 saturated heterocycles. The van der Waals surface area contributed by atoms with E-state index in [0.717, 1.165) is 39.1 Å². The Hall–Kier alpha value is -2.05. The van der Waals surface area contributed by atoms with E-state index in [1.165, 1.54) is 16.5 Å². The van der Waals surface area contributed by atoms with Crippen LogP contribution in [0, 0.1) is 11.3 Å². The van der Waals surface area contributed by atoms with E-state index in [2.05, 4.69) is 58.3 Å². The predicted octanol–water partition coefficient (Wildman–Crippen LogP) is 3.27. The highest BCUT2D eigenvalue weighted by Crippen LogP contribution is 2.27. The zero-order chi connectivity index (χ0) is 14.5. The fraction of sp³-hybridized carbons (Fsp3) is 0.389. The molecule has 0 radical (unpaired) electrons. The van der Waals surface area contributed by atoms with Crippen molar-refractivity contribution in [3.63, 3.8) is 0 Å². The van der Waals surface area contributed by atoms with E-state index < -0.39 is 0 Å². The number of rotatable bonds is 4. The number of hydrogen-bond donors (Lipinski definition) is 0. The summed E-state index contributed by atoms with van der Waals surface area (Å²) in [4.78, 5) is 4.96. The van der Waals surface area contributed by atoms with Crippen molar-refractivity contribution < 1.29 is 0 Å². The van der Waals surface area contributed by atoms with Crippen LogP contribution in [0.3, 0.4) is 0 Å². The van der Waals surface area contributed by atoms with Crippen LogP contribution in [0.5, 0.6) is 0 Å². The lowest BCUT2D eigenvalue weighted by Crippen LogP contribution is -2.46. The van der Waals surface area contributed by atoms with Crippen molar-refractivity contribution in [1.29, 1.82) is 5.26 Å². The number of piperazine rings is 1. The van der Waals surface area contributed by atoms with E-state index in [1.54, 1.807) is 0 Å². The summed E-state index contributed by atoms with van der Waals surface area (Å²) in [7, 11) is 0. The third-order valence-corrected chi connectivity index (χ3v) is 4.24. The second-order valence-corrected chi connectivity index (χ2v) is 5.59. The molecule has 2 aromatic carbocycles. The molecular formula is C18H21N3.